The van der Waals surface area contributed by atoms with E-state index in [-0.39, 0.29) is 11.6 Å². The van der Waals surface area contributed by atoms with Crippen LogP contribution >= 0.6 is 23.8 Å². The zero-order valence-electron chi connectivity index (χ0n) is 21.6. The first-order valence-corrected chi connectivity index (χ1v) is 13.6. The summed E-state index contributed by atoms with van der Waals surface area (Å²) in [5.74, 6) is 0.724. The van der Waals surface area contributed by atoms with Gasteiger partial charge in [0, 0.05) is 39.2 Å². The minimum atomic E-state index is -0.293. The molecule has 1 aromatic heterocycles. The maximum atomic E-state index is 13.8. The highest BCUT2D eigenvalue weighted by molar-refractivity contribution is 7.80. The Kier molecular flexibility index (Phi) is 7.07. The number of rotatable bonds is 5. The summed E-state index contributed by atoms with van der Waals surface area (Å²) < 4.78 is 5.71. The van der Waals surface area contributed by atoms with Crippen molar-refractivity contribution in [1.82, 2.24) is 9.99 Å². The number of nitrogens with zero attached hydrogens (tertiary/aromatic N) is 2. The summed E-state index contributed by atoms with van der Waals surface area (Å²) in [7, 11) is 1.65. The Morgan fingerprint density at radius 1 is 0.950 bits per heavy atom. The van der Waals surface area contributed by atoms with Crippen LogP contribution in [0.2, 0.25) is 5.02 Å². The van der Waals surface area contributed by atoms with Crippen molar-refractivity contribution in [2.45, 2.75) is 12.5 Å². The lowest BCUT2D eigenvalue weighted by Gasteiger charge is -2.26. The van der Waals surface area contributed by atoms with Crippen LogP contribution in [-0.2, 0) is 0 Å². The molecule has 1 atom stereocenters. The van der Waals surface area contributed by atoms with Crippen molar-refractivity contribution in [2.24, 2.45) is 5.10 Å². The van der Waals surface area contributed by atoms with Crippen LogP contribution in [0.5, 0.6) is 5.75 Å². The number of pyridine rings is 1. The van der Waals surface area contributed by atoms with Gasteiger partial charge in [0.1, 0.15) is 5.75 Å². The molecule has 0 saturated carbocycles. The summed E-state index contributed by atoms with van der Waals surface area (Å²) in [5.41, 5.74) is 5.12. The molecule has 0 saturated heterocycles. The molecule has 6 nitrogen and oxygen atoms in total. The summed E-state index contributed by atoms with van der Waals surface area (Å²) in [5, 5.41) is 12.0. The largest absolute Gasteiger partial charge is 0.496 e. The maximum absolute atomic E-state index is 13.8. The van der Waals surface area contributed by atoms with Gasteiger partial charge in [-0.25, -0.2) is 5.01 Å². The van der Waals surface area contributed by atoms with Crippen molar-refractivity contribution in [1.29, 1.82) is 0 Å². The van der Waals surface area contributed by atoms with Crippen LogP contribution in [-0.4, -0.2) is 27.9 Å². The van der Waals surface area contributed by atoms with Crippen LogP contribution in [0, 0.1) is 0 Å². The molecule has 0 bridgehead atoms. The molecular weight excluding hydrogens is 540 g/mol. The lowest BCUT2D eigenvalue weighted by molar-refractivity contribution is 0.350. The second-order valence-electron chi connectivity index (χ2n) is 9.41. The number of fused-ring (bicyclic) bond motifs is 1. The normalized spacial score (nSPS) is 14.7. The van der Waals surface area contributed by atoms with Gasteiger partial charge in [0.2, 0.25) is 0 Å². The van der Waals surface area contributed by atoms with Crippen molar-refractivity contribution in [3.05, 3.63) is 130 Å². The minimum Gasteiger partial charge on any atom is -0.496 e. The summed E-state index contributed by atoms with van der Waals surface area (Å²) in [6.45, 7) is 0. The van der Waals surface area contributed by atoms with Gasteiger partial charge >= 0.3 is 0 Å². The van der Waals surface area contributed by atoms with Gasteiger partial charge in [-0.15, -0.1) is 0 Å². The fourth-order valence-corrected chi connectivity index (χ4v) is 5.58. The number of halogens is 1. The molecule has 0 aliphatic carbocycles. The molecule has 1 unspecified atom stereocenters. The molecular formula is C32H25ClN4O2S. The number of nitrogens with one attached hydrogen (secondary N) is 2. The van der Waals surface area contributed by atoms with E-state index >= 15 is 0 Å². The van der Waals surface area contributed by atoms with Crippen molar-refractivity contribution < 1.29 is 4.74 Å². The Labute approximate surface area is 241 Å². The number of hydrogen-bond acceptors (Lipinski definition) is 4. The highest BCUT2D eigenvalue weighted by Crippen LogP contribution is 2.40. The summed E-state index contributed by atoms with van der Waals surface area (Å²) in [6.07, 6.45) is 0.443. The molecule has 2 N–H and O–H groups in total. The van der Waals surface area contributed by atoms with Gasteiger partial charge < -0.3 is 15.0 Å². The Hall–Kier alpha value is -4.46. The van der Waals surface area contributed by atoms with Gasteiger partial charge in [0.15, 0.2) is 5.11 Å². The van der Waals surface area contributed by atoms with Crippen LogP contribution in [0.15, 0.2) is 113 Å². The molecule has 2 heterocycles. The second-order valence-corrected chi connectivity index (χ2v) is 10.2. The molecule has 1 aliphatic rings. The number of aromatic nitrogens is 1. The zero-order valence-corrected chi connectivity index (χ0v) is 23.2. The molecule has 0 fully saturated rings. The first kappa shape index (κ1) is 25.8. The molecule has 6 rings (SSSR count). The van der Waals surface area contributed by atoms with Crippen LogP contribution < -0.4 is 15.6 Å². The van der Waals surface area contributed by atoms with Gasteiger partial charge in [-0.05, 0) is 54.2 Å². The second kappa shape index (κ2) is 11.0. The highest BCUT2D eigenvalue weighted by Gasteiger charge is 2.35. The van der Waals surface area contributed by atoms with E-state index in [2.05, 4.69) is 10.3 Å². The van der Waals surface area contributed by atoms with E-state index in [0.29, 0.717) is 27.8 Å². The first-order chi connectivity index (χ1) is 19.5. The number of hydrogen-bond donors (Lipinski definition) is 2. The molecule has 0 radical (unpaired) electrons. The van der Waals surface area contributed by atoms with E-state index in [0.717, 1.165) is 39.0 Å². The zero-order chi connectivity index (χ0) is 27.6. The predicted octanol–water partition coefficient (Wildman–Crippen LogP) is 7.41. The average Bonchev–Trinajstić information content (AvgIpc) is 3.42. The van der Waals surface area contributed by atoms with Crippen molar-refractivity contribution in [2.75, 3.05) is 12.4 Å². The van der Waals surface area contributed by atoms with Crippen LogP contribution in [0.4, 0.5) is 5.69 Å². The van der Waals surface area contributed by atoms with Crippen molar-refractivity contribution in [3.8, 4) is 16.9 Å². The number of hydrazone groups is 1. The first-order valence-electron chi connectivity index (χ1n) is 12.8. The quantitative estimate of drug-likeness (QED) is 0.218. The number of H-pyrrole nitrogens is 1. The van der Waals surface area contributed by atoms with Gasteiger partial charge in [-0.2, -0.15) is 5.10 Å². The number of aromatic amines is 1. The van der Waals surface area contributed by atoms with E-state index in [1.54, 1.807) is 12.1 Å². The maximum Gasteiger partial charge on any atom is 0.258 e. The molecule has 0 amide bonds. The average molecular weight is 565 g/mol. The van der Waals surface area contributed by atoms with Crippen molar-refractivity contribution in [3.63, 3.8) is 0 Å². The molecule has 5 aromatic rings. The third-order valence-corrected chi connectivity index (χ3v) is 7.53. The van der Waals surface area contributed by atoms with E-state index in [1.165, 1.54) is 0 Å². The summed E-state index contributed by atoms with van der Waals surface area (Å²) >= 11 is 12.1. The summed E-state index contributed by atoms with van der Waals surface area (Å²) in [4.78, 5) is 16.8. The van der Waals surface area contributed by atoms with E-state index in [1.807, 2.05) is 103 Å². The van der Waals surface area contributed by atoms with Crippen molar-refractivity contribution >= 4 is 51.2 Å². The van der Waals surface area contributed by atoms with E-state index in [9.17, 15) is 4.79 Å². The van der Waals surface area contributed by atoms with Gasteiger partial charge in [-0.3, -0.25) is 4.79 Å². The predicted molar refractivity (Wildman–Crippen MR) is 166 cm³/mol. The lowest BCUT2D eigenvalue weighted by Crippen LogP contribution is -2.31. The summed E-state index contributed by atoms with van der Waals surface area (Å²) in [6, 6.07) is 32.5. The standard InChI is InChI=1S/C32H25ClN4O2S/c1-39-28-14-8-6-12-24(28)27-19-26(36-37(27)32(40)34-22-9-3-2-4-10-22)30-29(20-15-17-21(33)18-16-20)23-11-5-7-13-25(23)35-31(30)38/h2-18,27H,19H2,1H3,(H,34,40)(H,35,38). The Bertz CT molecular complexity index is 1800. The fourth-order valence-electron chi connectivity index (χ4n) is 5.17. The Balaban J connectivity index is 1.53. The fraction of sp³-hybridized carbons (Fsp3) is 0.0938. The van der Waals surface area contributed by atoms with Crippen LogP contribution in [0.3, 0.4) is 0 Å². The molecule has 40 heavy (non-hydrogen) atoms. The lowest BCUT2D eigenvalue weighted by atomic mass is 9.91. The highest BCUT2D eigenvalue weighted by atomic mass is 35.5. The molecule has 0 spiro atoms. The van der Waals surface area contributed by atoms with Gasteiger partial charge in [-0.1, -0.05) is 78.3 Å². The topological polar surface area (TPSA) is 69.7 Å². The molecule has 8 heteroatoms. The number of benzene rings is 4. The van der Waals surface area contributed by atoms with E-state index in [4.69, 9.17) is 33.7 Å². The smallest absolute Gasteiger partial charge is 0.258 e. The molecule has 198 valence electrons. The SMILES string of the molecule is COc1ccccc1C1CC(c2c(-c3ccc(Cl)cc3)c3ccccc3[nH]c2=O)=NN1C(=S)Nc1ccccc1. The number of para-hydroxylation sites is 3. The minimum absolute atomic E-state index is 0.218. The Morgan fingerprint density at radius 3 is 2.42 bits per heavy atom. The van der Waals surface area contributed by atoms with Crippen LogP contribution in [0.1, 0.15) is 23.6 Å². The number of thiocarbonyl (C=S) groups is 1. The monoisotopic (exact) mass is 564 g/mol. The third kappa shape index (κ3) is 4.85. The molecule has 4 aromatic carbocycles. The van der Waals surface area contributed by atoms with E-state index < -0.39 is 0 Å². The molecule has 1 aliphatic heterocycles. The van der Waals surface area contributed by atoms with Gasteiger partial charge in [0.05, 0.1) is 24.4 Å². The number of anilines is 1. The van der Waals surface area contributed by atoms with Crippen LogP contribution in [0.25, 0.3) is 22.0 Å². The number of methoxy groups -OCH3 is 1. The van der Waals surface area contributed by atoms with Gasteiger partial charge in [0.25, 0.3) is 5.56 Å². The number of ether oxygens (including phenoxy) is 1. The third-order valence-electron chi connectivity index (χ3n) is 6.98. The Morgan fingerprint density at radius 2 is 1.65 bits per heavy atom.